The highest BCUT2D eigenvalue weighted by atomic mass is 16.5. The second-order valence-electron chi connectivity index (χ2n) is 8.48. The fraction of sp³-hybridized carbons (Fsp3) is 0.219. The van der Waals surface area contributed by atoms with Crippen LogP contribution in [0.3, 0.4) is 0 Å². The van der Waals surface area contributed by atoms with Crippen molar-refractivity contribution in [3.05, 3.63) is 113 Å². The molecule has 0 heterocycles. The number of aryl methyl sites for hydroxylation is 2. The van der Waals surface area contributed by atoms with Crippen molar-refractivity contribution in [2.24, 2.45) is 0 Å². The molecule has 0 aliphatic heterocycles. The smallest absolute Gasteiger partial charge is 0.255 e. The molecule has 0 spiro atoms. The maximum atomic E-state index is 12.9. The average molecular weight is 512 g/mol. The van der Waals surface area contributed by atoms with Gasteiger partial charge in [-0.05, 0) is 65.9 Å². The molecule has 198 valence electrons. The normalized spacial score (nSPS) is 10.1. The molecule has 0 unspecified atom stereocenters. The summed E-state index contributed by atoms with van der Waals surface area (Å²) in [5.74, 6) is 1.15. The number of anilines is 3. The van der Waals surface area contributed by atoms with Gasteiger partial charge in [0.1, 0.15) is 0 Å². The Hall–Kier alpha value is -4.45. The summed E-state index contributed by atoms with van der Waals surface area (Å²) in [7, 11) is 3.22. The van der Waals surface area contributed by atoms with Crippen LogP contribution in [0.1, 0.15) is 40.9 Å². The third kappa shape index (κ3) is 7.77. The molecule has 0 saturated carbocycles. The minimum absolute atomic E-state index is 0.193. The average Bonchev–Trinajstić information content (AvgIpc) is 2.98. The van der Waals surface area contributed by atoms with Gasteiger partial charge in [0.25, 0.3) is 5.91 Å². The van der Waals surface area contributed by atoms with Crippen molar-refractivity contribution >= 4 is 23.0 Å². The third-order valence-electron chi connectivity index (χ3n) is 6.01. The SMILES string of the molecule is CC.COc1ccc(NCc2ccc(C(=O)Nc3cc(CCc4ccccc4)ccc3N)cc2)cc1OC. The summed E-state index contributed by atoms with van der Waals surface area (Å²) in [5, 5.41) is 6.32. The summed E-state index contributed by atoms with van der Waals surface area (Å²) >= 11 is 0. The van der Waals surface area contributed by atoms with E-state index in [0.29, 0.717) is 35.0 Å². The number of rotatable bonds is 10. The molecule has 6 nitrogen and oxygen atoms in total. The van der Waals surface area contributed by atoms with E-state index in [1.54, 1.807) is 14.2 Å². The zero-order chi connectivity index (χ0) is 27.3. The molecule has 4 aromatic carbocycles. The summed E-state index contributed by atoms with van der Waals surface area (Å²) in [4.78, 5) is 12.9. The lowest BCUT2D eigenvalue weighted by Gasteiger charge is -2.12. The van der Waals surface area contributed by atoms with E-state index in [1.807, 2.05) is 92.7 Å². The third-order valence-corrected chi connectivity index (χ3v) is 6.01. The van der Waals surface area contributed by atoms with Gasteiger partial charge in [-0.2, -0.15) is 0 Å². The molecule has 0 saturated heterocycles. The fourth-order valence-electron chi connectivity index (χ4n) is 3.92. The summed E-state index contributed by atoms with van der Waals surface area (Å²) in [6.45, 7) is 4.60. The van der Waals surface area contributed by atoms with Crippen LogP contribution in [-0.4, -0.2) is 20.1 Å². The Morgan fingerprint density at radius 3 is 2.08 bits per heavy atom. The Kier molecular flexibility index (Phi) is 10.6. The van der Waals surface area contributed by atoms with E-state index < -0.39 is 0 Å². The van der Waals surface area contributed by atoms with E-state index in [2.05, 4.69) is 22.8 Å². The topological polar surface area (TPSA) is 85.6 Å². The zero-order valence-electron chi connectivity index (χ0n) is 22.6. The van der Waals surface area contributed by atoms with Crippen LogP contribution in [0.5, 0.6) is 11.5 Å². The molecule has 0 aliphatic carbocycles. The van der Waals surface area contributed by atoms with E-state index in [-0.39, 0.29) is 5.91 Å². The number of methoxy groups -OCH3 is 2. The maximum absolute atomic E-state index is 12.9. The van der Waals surface area contributed by atoms with Gasteiger partial charge in [0, 0.05) is 23.9 Å². The number of nitrogens with one attached hydrogen (secondary N) is 2. The molecule has 4 N–H and O–H groups in total. The summed E-state index contributed by atoms with van der Waals surface area (Å²) in [6.07, 6.45) is 1.80. The first-order chi connectivity index (χ1) is 18.6. The highest BCUT2D eigenvalue weighted by Crippen LogP contribution is 2.30. The Labute approximate surface area is 225 Å². The molecule has 0 bridgehead atoms. The first-order valence-corrected chi connectivity index (χ1v) is 12.8. The number of nitrogen functional groups attached to an aromatic ring is 1. The van der Waals surface area contributed by atoms with Crippen LogP contribution in [-0.2, 0) is 19.4 Å². The van der Waals surface area contributed by atoms with Crippen LogP contribution in [0.4, 0.5) is 17.1 Å². The van der Waals surface area contributed by atoms with E-state index in [0.717, 1.165) is 29.7 Å². The van der Waals surface area contributed by atoms with Crippen molar-refractivity contribution in [3.8, 4) is 11.5 Å². The number of hydrogen-bond donors (Lipinski definition) is 3. The van der Waals surface area contributed by atoms with Crippen molar-refractivity contribution in [1.29, 1.82) is 0 Å². The van der Waals surface area contributed by atoms with Crippen molar-refractivity contribution in [2.45, 2.75) is 33.2 Å². The first-order valence-electron chi connectivity index (χ1n) is 12.8. The van der Waals surface area contributed by atoms with Crippen LogP contribution < -0.4 is 25.8 Å². The molecule has 0 atom stereocenters. The fourth-order valence-corrected chi connectivity index (χ4v) is 3.92. The predicted molar refractivity (Wildman–Crippen MR) is 157 cm³/mol. The molecule has 4 rings (SSSR count). The van der Waals surface area contributed by atoms with Gasteiger partial charge in [-0.1, -0.05) is 62.4 Å². The largest absolute Gasteiger partial charge is 0.493 e. The molecule has 0 aromatic heterocycles. The molecule has 1 amide bonds. The lowest BCUT2D eigenvalue weighted by Crippen LogP contribution is -2.13. The minimum atomic E-state index is -0.193. The van der Waals surface area contributed by atoms with Gasteiger partial charge in [-0.15, -0.1) is 0 Å². The monoisotopic (exact) mass is 511 g/mol. The van der Waals surface area contributed by atoms with Crippen LogP contribution in [0.15, 0.2) is 91.0 Å². The summed E-state index contributed by atoms with van der Waals surface area (Å²) in [6, 6.07) is 29.3. The van der Waals surface area contributed by atoms with Crippen molar-refractivity contribution in [3.63, 3.8) is 0 Å². The molecular weight excluding hydrogens is 474 g/mol. The number of carbonyl (C=O) groups is 1. The quantitative estimate of drug-likeness (QED) is 0.200. The van der Waals surface area contributed by atoms with E-state index >= 15 is 0 Å². The van der Waals surface area contributed by atoms with E-state index in [1.165, 1.54) is 5.56 Å². The lowest BCUT2D eigenvalue weighted by molar-refractivity contribution is 0.102. The second kappa shape index (κ2) is 14.3. The highest BCUT2D eigenvalue weighted by Gasteiger charge is 2.10. The lowest BCUT2D eigenvalue weighted by atomic mass is 10.0. The Morgan fingerprint density at radius 2 is 1.39 bits per heavy atom. The second-order valence-corrected chi connectivity index (χ2v) is 8.48. The number of nitrogens with two attached hydrogens (primary N) is 1. The van der Waals surface area contributed by atoms with Crippen LogP contribution >= 0.6 is 0 Å². The van der Waals surface area contributed by atoms with Gasteiger partial charge < -0.3 is 25.8 Å². The highest BCUT2D eigenvalue weighted by molar-refractivity contribution is 6.05. The van der Waals surface area contributed by atoms with Gasteiger partial charge in [-0.3, -0.25) is 4.79 Å². The van der Waals surface area contributed by atoms with Crippen LogP contribution in [0.2, 0.25) is 0 Å². The van der Waals surface area contributed by atoms with Gasteiger partial charge in [0.05, 0.1) is 25.6 Å². The van der Waals surface area contributed by atoms with Gasteiger partial charge in [0.2, 0.25) is 0 Å². The minimum Gasteiger partial charge on any atom is -0.493 e. The molecule has 4 aromatic rings. The number of benzene rings is 4. The Balaban J connectivity index is 0.00000195. The van der Waals surface area contributed by atoms with Crippen molar-refractivity contribution in [2.75, 3.05) is 30.6 Å². The predicted octanol–water partition coefficient (Wildman–Crippen LogP) is 6.96. The first kappa shape index (κ1) is 28.1. The van der Waals surface area contributed by atoms with Crippen LogP contribution in [0.25, 0.3) is 0 Å². The maximum Gasteiger partial charge on any atom is 0.255 e. The molecule has 0 aliphatic rings. The van der Waals surface area contributed by atoms with E-state index in [9.17, 15) is 4.79 Å². The molecule has 38 heavy (non-hydrogen) atoms. The molecular formula is C32H37N3O3. The van der Waals surface area contributed by atoms with Gasteiger partial charge >= 0.3 is 0 Å². The number of ether oxygens (including phenoxy) is 2. The van der Waals surface area contributed by atoms with Crippen molar-refractivity contribution in [1.82, 2.24) is 0 Å². The summed E-state index contributed by atoms with van der Waals surface area (Å²) < 4.78 is 10.6. The summed E-state index contributed by atoms with van der Waals surface area (Å²) in [5.41, 5.74) is 12.2. The number of carbonyl (C=O) groups excluding carboxylic acids is 1. The van der Waals surface area contributed by atoms with E-state index in [4.69, 9.17) is 15.2 Å². The molecule has 0 fully saturated rings. The van der Waals surface area contributed by atoms with Gasteiger partial charge in [0.15, 0.2) is 11.5 Å². The Bertz CT molecular complexity index is 1310. The van der Waals surface area contributed by atoms with Crippen molar-refractivity contribution < 1.29 is 14.3 Å². The molecule has 0 radical (unpaired) electrons. The number of hydrogen-bond acceptors (Lipinski definition) is 5. The Morgan fingerprint density at radius 1 is 0.737 bits per heavy atom. The number of amides is 1. The standard InChI is InChI=1S/C30H31N3O3.C2H6/c1-35-28-17-15-25(19-29(28)36-2)32-20-23-10-13-24(14-11-23)30(34)33-27-18-22(12-16-26(27)31)9-8-21-6-4-3-5-7-21;1-2/h3-7,10-19,32H,8-9,20,31H2,1-2H3,(H,33,34);1-2H3. The zero-order valence-corrected chi connectivity index (χ0v) is 22.6. The molecule has 6 heteroatoms. The van der Waals surface area contributed by atoms with Crippen LogP contribution in [0, 0.1) is 0 Å². The van der Waals surface area contributed by atoms with Gasteiger partial charge in [-0.25, -0.2) is 0 Å².